The molecule has 0 aliphatic heterocycles. The molecule has 7 heteroatoms. The predicted octanol–water partition coefficient (Wildman–Crippen LogP) is 5.06. The number of ether oxygens (including phenoxy) is 1. The average Bonchev–Trinajstić information content (AvgIpc) is 3.31. The molecule has 0 spiro atoms. The van der Waals surface area contributed by atoms with E-state index in [0.717, 1.165) is 42.6 Å². The molecule has 2 amide bonds. The van der Waals surface area contributed by atoms with Gasteiger partial charge in [-0.15, -0.1) is 11.8 Å². The predicted molar refractivity (Wildman–Crippen MR) is 131 cm³/mol. The van der Waals surface area contributed by atoms with Crippen LogP contribution in [0.3, 0.4) is 0 Å². The van der Waals surface area contributed by atoms with Crippen molar-refractivity contribution in [2.24, 2.45) is 0 Å². The number of methoxy groups -OCH3 is 1. The van der Waals surface area contributed by atoms with E-state index >= 15 is 0 Å². The van der Waals surface area contributed by atoms with Crippen molar-refractivity contribution in [1.82, 2.24) is 10.2 Å². The van der Waals surface area contributed by atoms with Gasteiger partial charge >= 0.3 is 0 Å². The summed E-state index contributed by atoms with van der Waals surface area (Å²) in [6.45, 7) is 2.19. The zero-order valence-corrected chi connectivity index (χ0v) is 20.3. The van der Waals surface area contributed by atoms with Gasteiger partial charge in [-0.3, -0.25) is 9.59 Å². The van der Waals surface area contributed by atoms with Crippen molar-refractivity contribution in [3.8, 4) is 5.75 Å². The molecule has 1 aliphatic rings. The molecule has 1 aliphatic carbocycles. The zero-order valence-electron chi connectivity index (χ0n) is 18.7. The van der Waals surface area contributed by atoms with Gasteiger partial charge < -0.3 is 15.0 Å². The summed E-state index contributed by atoms with van der Waals surface area (Å²) < 4.78 is 5.23. The Morgan fingerprint density at radius 2 is 1.72 bits per heavy atom. The highest BCUT2D eigenvalue weighted by Gasteiger charge is 2.28. The molecular formula is C25H31ClN2O3S. The lowest BCUT2D eigenvalue weighted by atomic mass is 10.1. The van der Waals surface area contributed by atoms with Gasteiger partial charge in [-0.25, -0.2) is 0 Å². The minimum Gasteiger partial charge on any atom is -0.497 e. The number of hydrogen-bond acceptors (Lipinski definition) is 4. The van der Waals surface area contributed by atoms with Crippen LogP contribution in [0.4, 0.5) is 0 Å². The highest BCUT2D eigenvalue weighted by Crippen LogP contribution is 2.21. The topological polar surface area (TPSA) is 58.6 Å². The second-order valence-electron chi connectivity index (χ2n) is 8.15. The molecule has 172 valence electrons. The number of amides is 2. The molecule has 0 aromatic heterocycles. The maximum Gasteiger partial charge on any atom is 0.242 e. The van der Waals surface area contributed by atoms with Crippen molar-refractivity contribution < 1.29 is 14.3 Å². The monoisotopic (exact) mass is 474 g/mol. The summed E-state index contributed by atoms with van der Waals surface area (Å²) in [6, 6.07) is 14.9. The summed E-state index contributed by atoms with van der Waals surface area (Å²) in [7, 11) is 1.62. The number of nitrogens with zero attached hydrogens (tertiary/aromatic N) is 1. The maximum atomic E-state index is 13.2. The van der Waals surface area contributed by atoms with Crippen LogP contribution in [0.5, 0.6) is 5.75 Å². The van der Waals surface area contributed by atoms with E-state index in [9.17, 15) is 9.59 Å². The van der Waals surface area contributed by atoms with Gasteiger partial charge in [0.05, 0.1) is 12.9 Å². The van der Waals surface area contributed by atoms with Gasteiger partial charge in [0.2, 0.25) is 11.8 Å². The average molecular weight is 475 g/mol. The van der Waals surface area contributed by atoms with E-state index in [4.69, 9.17) is 16.3 Å². The molecular weight excluding hydrogens is 444 g/mol. The first-order chi connectivity index (χ1) is 15.5. The number of carbonyl (C=O) groups is 2. The molecule has 0 radical (unpaired) electrons. The molecule has 2 aromatic carbocycles. The molecule has 32 heavy (non-hydrogen) atoms. The third-order valence-electron chi connectivity index (χ3n) is 5.79. The van der Waals surface area contributed by atoms with E-state index in [2.05, 4.69) is 5.32 Å². The fourth-order valence-corrected chi connectivity index (χ4v) is 4.82. The first kappa shape index (κ1) is 24.5. The Labute approximate surface area is 199 Å². The molecule has 0 unspecified atom stereocenters. The molecule has 0 heterocycles. The molecule has 0 bridgehead atoms. The van der Waals surface area contributed by atoms with Crippen molar-refractivity contribution in [3.63, 3.8) is 0 Å². The third kappa shape index (κ3) is 7.17. The second-order valence-corrected chi connectivity index (χ2v) is 9.58. The van der Waals surface area contributed by atoms with Crippen LogP contribution in [-0.2, 0) is 21.9 Å². The fraction of sp³-hybridized carbons (Fsp3) is 0.440. The second kappa shape index (κ2) is 12.2. The summed E-state index contributed by atoms with van der Waals surface area (Å²) >= 11 is 7.49. The van der Waals surface area contributed by atoms with Crippen molar-refractivity contribution in [1.29, 1.82) is 0 Å². The van der Waals surface area contributed by atoms with Crippen LogP contribution in [0.15, 0.2) is 48.5 Å². The Balaban J connectivity index is 1.65. The summed E-state index contributed by atoms with van der Waals surface area (Å²) in [5.74, 6) is 1.65. The van der Waals surface area contributed by atoms with Crippen LogP contribution in [-0.4, -0.2) is 41.7 Å². The fourth-order valence-electron chi connectivity index (χ4n) is 3.82. The zero-order chi connectivity index (χ0) is 22.9. The van der Waals surface area contributed by atoms with E-state index in [-0.39, 0.29) is 17.9 Å². The molecule has 5 nitrogen and oxygen atoms in total. The lowest BCUT2D eigenvalue weighted by Gasteiger charge is -2.29. The molecule has 1 N–H and O–H groups in total. The largest absolute Gasteiger partial charge is 0.497 e. The van der Waals surface area contributed by atoms with E-state index in [1.165, 1.54) is 0 Å². The van der Waals surface area contributed by atoms with Crippen LogP contribution in [0.2, 0.25) is 5.02 Å². The normalized spacial score (nSPS) is 14.7. The van der Waals surface area contributed by atoms with Crippen molar-refractivity contribution in [3.05, 3.63) is 64.7 Å². The maximum absolute atomic E-state index is 13.2. The molecule has 2 aromatic rings. The van der Waals surface area contributed by atoms with E-state index in [1.807, 2.05) is 55.5 Å². The van der Waals surface area contributed by atoms with Gasteiger partial charge in [0.1, 0.15) is 11.8 Å². The molecule has 3 rings (SSSR count). The Morgan fingerprint density at radius 3 is 2.34 bits per heavy atom. The van der Waals surface area contributed by atoms with E-state index in [0.29, 0.717) is 23.1 Å². The van der Waals surface area contributed by atoms with E-state index < -0.39 is 6.04 Å². The molecule has 0 saturated heterocycles. The highest BCUT2D eigenvalue weighted by atomic mass is 35.5. The molecule has 1 saturated carbocycles. The highest BCUT2D eigenvalue weighted by molar-refractivity contribution is 7.99. The van der Waals surface area contributed by atoms with Gasteiger partial charge in [0.15, 0.2) is 0 Å². The molecule has 1 fully saturated rings. The van der Waals surface area contributed by atoms with Crippen LogP contribution in [0.25, 0.3) is 0 Å². The number of halogens is 1. The van der Waals surface area contributed by atoms with Crippen LogP contribution in [0, 0.1) is 0 Å². The van der Waals surface area contributed by atoms with E-state index in [1.54, 1.807) is 23.8 Å². The van der Waals surface area contributed by atoms with Crippen molar-refractivity contribution in [2.75, 3.05) is 12.9 Å². The minimum atomic E-state index is -0.540. The molecule has 1 atom stereocenters. The standard InChI is InChI=1S/C25H31ClN2O3S/c1-18(25(30)27-22-5-3-4-6-22)28(15-19-9-13-23(31-2)14-10-19)24(29)17-32-16-20-7-11-21(26)12-8-20/h7-14,18,22H,3-6,15-17H2,1-2H3,(H,27,30)/t18-/m1/s1. The number of hydrogen-bond donors (Lipinski definition) is 1. The van der Waals surface area contributed by atoms with Gasteiger partial charge in [-0.2, -0.15) is 0 Å². The first-order valence-corrected chi connectivity index (χ1v) is 12.5. The number of nitrogens with one attached hydrogen (secondary N) is 1. The van der Waals surface area contributed by atoms with Crippen molar-refractivity contribution >= 4 is 35.2 Å². The number of rotatable bonds is 10. The van der Waals surface area contributed by atoms with Crippen LogP contribution < -0.4 is 10.1 Å². The van der Waals surface area contributed by atoms with Crippen molar-refractivity contribution in [2.45, 2.75) is 57.0 Å². The number of benzene rings is 2. The summed E-state index contributed by atoms with van der Waals surface area (Å²) in [5.41, 5.74) is 2.07. The van der Waals surface area contributed by atoms with Gasteiger partial charge in [0.25, 0.3) is 0 Å². The Hall–Kier alpha value is -2.18. The SMILES string of the molecule is COc1ccc(CN(C(=O)CSCc2ccc(Cl)cc2)[C@H](C)C(=O)NC2CCCC2)cc1. The number of thioether (sulfide) groups is 1. The summed E-state index contributed by atoms with van der Waals surface area (Å²) in [4.78, 5) is 27.8. The minimum absolute atomic E-state index is 0.0474. The third-order valence-corrected chi connectivity index (χ3v) is 7.03. The lowest BCUT2D eigenvalue weighted by Crippen LogP contribution is -2.50. The smallest absolute Gasteiger partial charge is 0.242 e. The van der Waals surface area contributed by atoms with Gasteiger partial charge in [0, 0.05) is 23.4 Å². The summed E-state index contributed by atoms with van der Waals surface area (Å²) in [5, 5.41) is 3.83. The lowest BCUT2D eigenvalue weighted by molar-refractivity contribution is -0.138. The quantitative estimate of drug-likeness (QED) is 0.523. The Kier molecular flexibility index (Phi) is 9.30. The summed E-state index contributed by atoms with van der Waals surface area (Å²) in [6.07, 6.45) is 4.33. The van der Waals surface area contributed by atoms with Gasteiger partial charge in [-0.1, -0.05) is 48.7 Å². The van der Waals surface area contributed by atoms with Gasteiger partial charge in [-0.05, 0) is 55.2 Å². The Bertz CT molecular complexity index is 883. The number of carbonyl (C=O) groups excluding carboxylic acids is 2. The van der Waals surface area contributed by atoms with Crippen LogP contribution >= 0.6 is 23.4 Å². The Morgan fingerprint density at radius 1 is 1.09 bits per heavy atom. The first-order valence-electron chi connectivity index (χ1n) is 11.0. The van der Waals surface area contributed by atoms with Crippen LogP contribution in [0.1, 0.15) is 43.7 Å².